The minimum atomic E-state index is -1.91. The van der Waals surface area contributed by atoms with Crippen LogP contribution in [0.3, 0.4) is 0 Å². The molecule has 0 aliphatic carbocycles. The first-order valence-corrected chi connectivity index (χ1v) is 10.3. The summed E-state index contributed by atoms with van der Waals surface area (Å²) in [6, 6.07) is 1.92. The molecule has 0 fully saturated rings. The van der Waals surface area contributed by atoms with Crippen molar-refractivity contribution in [3.8, 4) is 0 Å². The summed E-state index contributed by atoms with van der Waals surface area (Å²) in [6.07, 6.45) is 1.97. The molecular formula is C11H27O5Si2. The number of ether oxygens (including phenoxy) is 1. The van der Waals surface area contributed by atoms with E-state index >= 15 is 0 Å². The summed E-state index contributed by atoms with van der Waals surface area (Å²) in [5.74, 6) is 0. The largest absolute Gasteiger partial charge is 0.398 e. The highest BCUT2D eigenvalue weighted by molar-refractivity contribution is 6.65. The first-order valence-electron chi connectivity index (χ1n) is 6.23. The van der Waals surface area contributed by atoms with Crippen molar-refractivity contribution in [1.82, 2.24) is 0 Å². The Labute approximate surface area is 114 Å². The van der Waals surface area contributed by atoms with Crippen molar-refractivity contribution in [2.75, 3.05) is 41.7 Å². The molecule has 0 unspecified atom stereocenters. The Morgan fingerprint density at radius 3 is 1.94 bits per heavy atom. The van der Waals surface area contributed by atoms with Gasteiger partial charge in [-0.25, -0.2) is 0 Å². The lowest BCUT2D eigenvalue weighted by Gasteiger charge is -2.22. The molecule has 0 rings (SSSR count). The second-order valence-electron chi connectivity index (χ2n) is 4.14. The number of hydrogen-bond acceptors (Lipinski definition) is 5. The molecule has 0 aliphatic heterocycles. The molecule has 18 heavy (non-hydrogen) atoms. The minimum absolute atomic E-state index is 0.761. The summed E-state index contributed by atoms with van der Waals surface area (Å²) in [7, 11) is 3.85. The van der Waals surface area contributed by atoms with Gasteiger partial charge in [0.2, 0.25) is 0 Å². The van der Waals surface area contributed by atoms with Gasteiger partial charge in [0, 0.05) is 41.7 Å². The Bertz CT molecular complexity index is 186. The fourth-order valence-corrected chi connectivity index (χ4v) is 3.86. The minimum Gasteiger partial charge on any atom is -0.398 e. The standard InChI is InChI=1S/C11H27O5Si2/c1-12-17(13-2)10-6-8-16-9-7-11-18(5,14-3)15-4/h6-11H2,1-5H3. The van der Waals surface area contributed by atoms with Crippen LogP contribution in [0.2, 0.25) is 18.6 Å². The third-order valence-electron chi connectivity index (χ3n) is 2.91. The third kappa shape index (κ3) is 8.36. The van der Waals surface area contributed by atoms with Crippen LogP contribution in [0.4, 0.5) is 0 Å². The van der Waals surface area contributed by atoms with Gasteiger partial charge in [0.05, 0.1) is 0 Å². The zero-order valence-corrected chi connectivity index (χ0v) is 14.3. The number of hydrogen-bond donors (Lipinski definition) is 0. The monoisotopic (exact) mass is 295 g/mol. The van der Waals surface area contributed by atoms with E-state index in [0.29, 0.717) is 0 Å². The van der Waals surface area contributed by atoms with Crippen LogP contribution in [0.1, 0.15) is 12.8 Å². The summed E-state index contributed by atoms with van der Waals surface area (Å²) in [4.78, 5) is 0. The van der Waals surface area contributed by atoms with E-state index in [2.05, 4.69) is 6.55 Å². The molecule has 0 aliphatic rings. The van der Waals surface area contributed by atoms with Crippen LogP contribution < -0.4 is 0 Å². The first kappa shape index (κ1) is 18.2. The van der Waals surface area contributed by atoms with Gasteiger partial charge < -0.3 is 22.4 Å². The summed E-state index contributed by atoms with van der Waals surface area (Å²) in [6.45, 7) is 3.59. The topological polar surface area (TPSA) is 46.2 Å². The normalized spacial score (nSPS) is 12.3. The van der Waals surface area contributed by atoms with E-state index < -0.39 is 17.8 Å². The van der Waals surface area contributed by atoms with Crippen molar-refractivity contribution < 1.29 is 22.4 Å². The highest BCUT2D eigenvalue weighted by atomic mass is 28.4. The van der Waals surface area contributed by atoms with Gasteiger partial charge >= 0.3 is 17.8 Å². The lowest BCUT2D eigenvalue weighted by molar-refractivity contribution is 0.130. The van der Waals surface area contributed by atoms with Crippen molar-refractivity contribution >= 4 is 17.8 Å². The molecule has 0 aromatic rings. The molecular weight excluding hydrogens is 268 g/mol. The van der Waals surface area contributed by atoms with E-state index in [1.165, 1.54) is 0 Å². The first-order chi connectivity index (χ1) is 8.61. The molecule has 0 aromatic carbocycles. The molecule has 0 atom stereocenters. The Hall–Kier alpha value is 0.234. The molecule has 1 radical (unpaired) electrons. The molecule has 0 aromatic heterocycles. The van der Waals surface area contributed by atoms with Crippen LogP contribution in [0.25, 0.3) is 0 Å². The van der Waals surface area contributed by atoms with E-state index in [0.717, 1.165) is 38.1 Å². The van der Waals surface area contributed by atoms with Crippen LogP contribution >= 0.6 is 0 Å². The van der Waals surface area contributed by atoms with Crippen LogP contribution in [0.5, 0.6) is 0 Å². The van der Waals surface area contributed by atoms with Crippen molar-refractivity contribution in [2.45, 2.75) is 31.5 Å². The van der Waals surface area contributed by atoms with Crippen molar-refractivity contribution in [2.24, 2.45) is 0 Å². The summed E-state index contributed by atoms with van der Waals surface area (Å²) < 4.78 is 26.8. The quantitative estimate of drug-likeness (QED) is 0.407. The molecule has 0 saturated carbocycles. The molecule has 0 N–H and O–H groups in total. The molecule has 0 spiro atoms. The van der Waals surface area contributed by atoms with Gasteiger partial charge in [-0.15, -0.1) is 0 Å². The summed E-state index contributed by atoms with van der Waals surface area (Å²) in [5, 5.41) is 0. The SMILES string of the molecule is CO[Si](CCCOCCC[Si](C)(OC)OC)OC. The molecule has 109 valence electrons. The lowest BCUT2D eigenvalue weighted by Crippen LogP contribution is -2.36. The molecule has 5 nitrogen and oxygen atoms in total. The zero-order chi connectivity index (χ0) is 13.9. The van der Waals surface area contributed by atoms with E-state index in [1.807, 2.05) is 0 Å². The van der Waals surface area contributed by atoms with Crippen LogP contribution in [0, 0.1) is 0 Å². The highest BCUT2D eigenvalue weighted by Crippen LogP contribution is 2.13. The Kier molecular flexibility index (Phi) is 11.2. The van der Waals surface area contributed by atoms with Crippen molar-refractivity contribution in [3.63, 3.8) is 0 Å². The van der Waals surface area contributed by atoms with Gasteiger partial charge in [-0.3, -0.25) is 0 Å². The number of rotatable bonds is 12. The maximum Gasteiger partial charge on any atom is 0.384 e. The maximum absolute atomic E-state index is 5.57. The molecule has 0 bridgehead atoms. The third-order valence-corrected chi connectivity index (χ3v) is 7.57. The molecule has 0 saturated heterocycles. The summed E-state index contributed by atoms with van der Waals surface area (Å²) >= 11 is 0. The Morgan fingerprint density at radius 2 is 1.44 bits per heavy atom. The van der Waals surface area contributed by atoms with Gasteiger partial charge in [-0.2, -0.15) is 0 Å². The van der Waals surface area contributed by atoms with Crippen molar-refractivity contribution in [3.05, 3.63) is 0 Å². The van der Waals surface area contributed by atoms with Crippen LogP contribution in [0.15, 0.2) is 0 Å². The van der Waals surface area contributed by atoms with Gasteiger partial charge in [-0.05, 0) is 31.5 Å². The van der Waals surface area contributed by atoms with E-state index in [9.17, 15) is 0 Å². The smallest absolute Gasteiger partial charge is 0.384 e. The van der Waals surface area contributed by atoms with E-state index in [1.54, 1.807) is 28.4 Å². The van der Waals surface area contributed by atoms with Gasteiger partial charge in [-0.1, -0.05) is 0 Å². The average Bonchev–Trinajstić information content (AvgIpc) is 2.41. The maximum atomic E-state index is 5.57. The lowest BCUT2D eigenvalue weighted by atomic mass is 10.5. The van der Waals surface area contributed by atoms with Gasteiger partial charge in [0.25, 0.3) is 0 Å². The molecule has 0 amide bonds. The highest BCUT2D eigenvalue weighted by Gasteiger charge is 2.27. The van der Waals surface area contributed by atoms with Gasteiger partial charge in [0.1, 0.15) is 0 Å². The second-order valence-corrected chi connectivity index (χ2v) is 9.79. The fourth-order valence-electron chi connectivity index (χ4n) is 1.49. The van der Waals surface area contributed by atoms with Crippen LogP contribution in [-0.2, 0) is 22.4 Å². The Morgan fingerprint density at radius 1 is 0.889 bits per heavy atom. The molecule has 0 heterocycles. The van der Waals surface area contributed by atoms with Gasteiger partial charge in [0.15, 0.2) is 0 Å². The van der Waals surface area contributed by atoms with Crippen molar-refractivity contribution in [1.29, 1.82) is 0 Å². The van der Waals surface area contributed by atoms with E-state index in [4.69, 9.17) is 22.4 Å². The molecule has 7 heteroatoms. The predicted octanol–water partition coefficient (Wildman–Crippen LogP) is 1.93. The Balaban J connectivity index is 3.41. The zero-order valence-electron chi connectivity index (χ0n) is 12.3. The second kappa shape index (κ2) is 11.1. The van der Waals surface area contributed by atoms with E-state index in [-0.39, 0.29) is 0 Å². The predicted molar refractivity (Wildman–Crippen MR) is 75.1 cm³/mol. The fraction of sp³-hybridized carbons (Fsp3) is 1.00. The average molecular weight is 296 g/mol. The summed E-state index contributed by atoms with van der Waals surface area (Å²) in [5.41, 5.74) is 0. The van der Waals surface area contributed by atoms with Crippen LogP contribution in [-0.4, -0.2) is 59.5 Å².